The highest BCUT2D eigenvalue weighted by molar-refractivity contribution is 6.30. The number of nitrogens with zero attached hydrogens (tertiary/aromatic N) is 2. The van der Waals surface area contributed by atoms with Crippen LogP contribution in [0, 0.1) is 0 Å². The van der Waals surface area contributed by atoms with Crippen molar-refractivity contribution in [3.8, 4) is 0 Å². The van der Waals surface area contributed by atoms with Gasteiger partial charge in [0.05, 0.1) is 13.2 Å². The number of hydrogen-bond acceptors (Lipinski definition) is 6. The van der Waals surface area contributed by atoms with E-state index in [1.807, 2.05) is 0 Å². The number of β-amino-alcohol motifs (C(OH)–C–C–N with tert-alkyl or cyclic N) is 1. The number of benzene rings is 1. The summed E-state index contributed by atoms with van der Waals surface area (Å²) in [6, 6.07) is 9.92. The van der Waals surface area contributed by atoms with Gasteiger partial charge in [-0.2, -0.15) is 0 Å². The first-order valence-electron chi connectivity index (χ1n) is 9.41. The van der Waals surface area contributed by atoms with Crippen LogP contribution < -0.4 is 5.32 Å². The number of pyridine rings is 1. The van der Waals surface area contributed by atoms with E-state index in [2.05, 4.69) is 10.3 Å². The van der Waals surface area contributed by atoms with E-state index in [1.165, 1.54) is 24.3 Å². The Labute approximate surface area is 178 Å². The Bertz CT molecular complexity index is 924. The fourth-order valence-corrected chi connectivity index (χ4v) is 3.66. The number of ether oxygens (including phenoxy) is 1. The maximum Gasteiger partial charge on any atom is 0.328 e. The Kier molecular flexibility index (Phi) is 7.02. The average Bonchev–Trinajstić information content (AvgIpc) is 3.14. The number of esters is 1. The third-order valence-corrected chi connectivity index (χ3v) is 5.10. The topological polar surface area (TPSA) is 109 Å². The minimum atomic E-state index is -0.990. The van der Waals surface area contributed by atoms with Gasteiger partial charge in [0.2, 0.25) is 5.91 Å². The van der Waals surface area contributed by atoms with Gasteiger partial charge < -0.3 is 20.1 Å². The SMILES string of the molecule is COC(=O)[C@@H]1C[C@@H](O)CN1C(=O)[C@H](Cc1cccc(Cl)c1)NC(=O)c1ccccn1. The van der Waals surface area contributed by atoms with Gasteiger partial charge in [-0.1, -0.05) is 29.8 Å². The van der Waals surface area contributed by atoms with Crippen molar-refractivity contribution in [2.75, 3.05) is 13.7 Å². The lowest BCUT2D eigenvalue weighted by Gasteiger charge is -2.28. The number of carbonyl (C=O) groups excluding carboxylic acids is 3. The van der Waals surface area contributed by atoms with Crippen LogP contribution in [0.5, 0.6) is 0 Å². The Morgan fingerprint density at radius 3 is 2.77 bits per heavy atom. The number of aliphatic hydroxyl groups is 1. The summed E-state index contributed by atoms with van der Waals surface area (Å²) < 4.78 is 4.77. The molecule has 9 heteroatoms. The van der Waals surface area contributed by atoms with Crippen molar-refractivity contribution in [3.63, 3.8) is 0 Å². The number of aromatic nitrogens is 1. The second-order valence-corrected chi connectivity index (χ2v) is 7.43. The predicted molar refractivity (Wildman–Crippen MR) is 109 cm³/mol. The standard InChI is InChI=1S/C21H22ClN3O5/c1-30-21(29)18-11-15(26)12-25(18)20(28)17(10-13-5-4-6-14(22)9-13)24-19(27)16-7-2-3-8-23-16/h2-9,15,17-18,26H,10-12H2,1H3,(H,24,27)/t15-,17+,18+/m1/s1. The number of halogens is 1. The molecule has 0 saturated carbocycles. The van der Waals surface area contributed by atoms with Crippen LogP contribution in [-0.4, -0.2) is 64.6 Å². The fraction of sp³-hybridized carbons (Fsp3) is 0.333. The second-order valence-electron chi connectivity index (χ2n) is 6.99. The molecule has 8 nitrogen and oxygen atoms in total. The van der Waals surface area contributed by atoms with Gasteiger partial charge in [-0.05, 0) is 29.8 Å². The Morgan fingerprint density at radius 2 is 2.10 bits per heavy atom. The van der Waals surface area contributed by atoms with Crippen molar-refractivity contribution in [1.82, 2.24) is 15.2 Å². The van der Waals surface area contributed by atoms with Crippen molar-refractivity contribution in [1.29, 1.82) is 0 Å². The van der Waals surface area contributed by atoms with Crippen LogP contribution in [0.25, 0.3) is 0 Å². The van der Waals surface area contributed by atoms with Gasteiger partial charge in [0.15, 0.2) is 0 Å². The van der Waals surface area contributed by atoms with E-state index in [0.29, 0.717) is 5.02 Å². The average molecular weight is 432 g/mol. The minimum Gasteiger partial charge on any atom is -0.467 e. The van der Waals surface area contributed by atoms with Gasteiger partial charge in [-0.3, -0.25) is 14.6 Å². The molecule has 2 amide bonds. The number of carbonyl (C=O) groups is 3. The number of methoxy groups -OCH3 is 1. The molecule has 1 saturated heterocycles. The van der Waals surface area contributed by atoms with Gasteiger partial charge in [0.1, 0.15) is 17.8 Å². The van der Waals surface area contributed by atoms with Crippen molar-refractivity contribution >= 4 is 29.4 Å². The maximum atomic E-state index is 13.3. The molecule has 1 fully saturated rings. The van der Waals surface area contributed by atoms with Crippen LogP contribution in [-0.2, 0) is 20.7 Å². The first kappa shape index (κ1) is 21.7. The second kappa shape index (κ2) is 9.69. The lowest BCUT2D eigenvalue weighted by atomic mass is 10.0. The fourth-order valence-electron chi connectivity index (χ4n) is 3.45. The van der Waals surface area contributed by atoms with Crippen LogP contribution in [0.3, 0.4) is 0 Å². The molecule has 2 N–H and O–H groups in total. The summed E-state index contributed by atoms with van der Waals surface area (Å²) in [5.74, 6) is -1.63. The van der Waals surface area contributed by atoms with Crippen molar-refractivity contribution in [2.24, 2.45) is 0 Å². The van der Waals surface area contributed by atoms with Gasteiger partial charge in [-0.15, -0.1) is 0 Å². The van der Waals surface area contributed by atoms with Gasteiger partial charge in [-0.25, -0.2) is 4.79 Å². The maximum absolute atomic E-state index is 13.3. The van der Waals surface area contributed by atoms with E-state index in [0.717, 1.165) is 5.56 Å². The highest BCUT2D eigenvalue weighted by atomic mass is 35.5. The molecule has 0 spiro atoms. The number of nitrogens with one attached hydrogen (secondary N) is 1. The molecule has 2 heterocycles. The quantitative estimate of drug-likeness (QED) is 0.665. The summed E-state index contributed by atoms with van der Waals surface area (Å²) in [6.07, 6.45) is 0.859. The Morgan fingerprint density at radius 1 is 1.30 bits per heavy atom. The third kappa shape index (κ3) is 5.14. The van der Waals surface area contributed by atoms with E-state index in [4.69, 9.17) is 16.3 Å². The molecule has 1 aromatic heterocycles. The third-order valence-electron chi connectivity index (χ3n) is 4.87. The Hall–Kier alpha value is -2.97. The summed E-state index contributed by atoms with van der Waals surface area (Å²) in [6.45, 7) is -0.0237. The highest BCUT2D eigenvalue weighted by Gasteiger charge is 2.42. The molecular weight excluding hydrogens is 410 g/mol. The normalized spacial score (nSPS) is 19.2. The first-order valence-corrected chi connectivity index (χ1v) is 9.79. The van der Waals surface area contributed by atoms with E-state index in [9.17, 15) is 19.5 Å². The zero-order valence-corrected chi connectivity index (χ0v) is 17.1. The first-order chi connectivity index (χ1) is 14.4. The summed E-state index contributed by atoms with van der Waals surface area (Å²) >= 11 is 6.05. The number of hydrogen-bond donors (Lipinski definition) is 2. The smallest absolute Gasteiger partial charge is 0.328 e. The summed E-state index contributed by atoms with van der Waals surface area (Å²) in [4.78, 5) is 43.3. The van der Waals surface area contributed by atoms with Gasteiger partial charge >= 0.3 is 5.97 Å². The van der Waals surface area contributed by atoms with Gasteiger partial charge in [0.25, 0.3) is 5.91 Å². The lowest BCUT2D eigenvalue weighted by molar-refractivity contribution is -0.151. The minimum absolute atomic E-state index is 0.0237. The molecule has 3 rings (SSSR count). The van der Waals surface area contributed by atoms with Crippen LogP contribution >= 0.6 is 11.6 Å². The molecule has 0 bridgehead atoms. The molecule has 30 heavy (non-hydrogen) atoms. The van der Waals surface area contributed by atoms with Crippen molar-refractivity contribution < 1.29 is 24.2 Å². The van der Waals surface area contributed by atoms with Gasteiger partial charge in [0, 0.05) is 30.6 Å². The number of amides is 2. The van der Waals surface area contributed by atoms with Crippen molar-refractivity contribution in [3.05, 3.63) is 64.9 Å². The molecule has 158 valence electrons. The number of rotatable bonds is 6. The molecule has 0 radical (unpaired) electrons. The summed E-state index contributed by atoms with van der Waals surface area (Å²) in [5, 5.41) is 13.2. The number of likely N-dealkylation sites (tertiary alicyclic amines) is 1. The molecule has 3 atom stereocenters. The molecule has 1 aromatic carbocycles. The lowest BCUT2D eigenvalue weighted by Crippen LogP contribution is -2.53. The zero-order valence-electron chi connectivity index (χ0n) is 16.3. The van der Waals surface area contributed by atoms with E-state index in [1.54, 1.807) is 36.4 Å². The van der Waals surface area contributed by atoms with Crippen LogP contribution in [0.1, 0.15) is 22.5 Å². The Balaban J connectivity index is 1.86. The van der Waals surface area contributed by atoms with E-state index >= 15 is 0 Å². The number of aliphatic hydroxyl groups excluding tert-OH is 1. The highest BCUT2D eigenvalue weighted by Crippen LogP contribution is 2.22. The van der Waals surface area contributed by atoms with Crippen LogP contribution in [0.4, 0.5) is 0 Å². The summed E-state index contributed by atoms with van der Waals surface area (Å²) in [5.41, 5.74) is 0.893. The van der Waals surface area contributed by atoms with Crippen molar-refractivity contribution in [2.45, 2.75) is 31.0 Å². The summed E-state index contributed by atoms with van der Waals surface area (Å²) in [7, 11) is 1.22. The van der Waals surface area contributed by atoms with E-state index in [-0.39, 0.29) is 25.1 Å². The molecular formula is C21H22ClN3O5. The molecule has 0 unspecified atom stereocenters. The molecule has 0 aliphatic carbocycles. The molecule has 1 aliphatic rings. The zero-order chi connectivity index (χ0) is 21.7. The molecule has 1 aliphatic heterocycles. The predicted octanol–water partition coefficient (Wildman–Crippen LogP) is 1.21. The van der Waals surface area contributed by atoms with E-state index < -0.39 is 36.0 Å². The largest absolute Gasteiger partial charge is 0.467 e. The van der Waals surface area contributed by atoms with Crippen LogP contribution in [0.15, 0.2) is 48.7 Å². The van der Waals surface area contributed by atoms with Crippen LogP contribution in [0.2, 0.25) is 5.02 Å². The monoisotopic (exact) mass is 431 g/mol. The molecule has 2 aromatic rings.